The van der Waals surface area contributed by atoms with Crippen molar-refractivity contribution in [3.05, 3.63) is 70.8 Å². The molecule has 1 saturated heterocycles. The lowest BCUT2D eigenvalue weighted by Crippen LogP contribution is -2.25. The van der Waals surface area contributed by atoms with E-state index in [0.717, 1.165) is 24.1 Å². The van der Waals surface area contributed by atoms with Crippen molar-refractivity contribution < 1.29 is 9.59 Å². The minimum Gasteiger partial charge on any atom is -0.348 e. The summed E-state index contributed by atoms with van der Waals surface area (Å²) in [5, 5.41) is 11.8. The van der Waals surface area contributed by atoms with Crippen molar-refractivity contribution in [2.24, 2.45) is 0 Å². The fraction of sp³-hybridized carbons (Fsp3) is 0.250. The van der Waals surface area contributed by atoms with Gasteiger partial charge in [-0.2, -0.15) is 5.26 Å². The van der Waals surface area contributed by atoms with Gasteiger partial charge in [0.25, 0.3) is 5.91 Å². The molecule has 5 heteroatoms. The highest BCUT2D eigenvalue weighted by atomic mass is 16.2. The van der Waals surface area contributed by atoms with E-state index in [-0.39, 0.29) is 11.8 Å². The van der Waals surface area contributed by atoms with Gasteiger partial charge in [0.15, 0.2) is 0 Å². The zero-order chi connectivity index (χ0) is 17.6. The van der Waals surface area contributed by atoms with E-state index in [1.807, 2.05) is 29.2 Å². The highest BCUT2D eigenvalue weighted by molar-refractivity contribution is 5.94. The second-order valence-electron chi connectivity index (χ2n) is 6.11. The Hall–Kier alpha value is -3.13. The maximum Gasteiger partial charge on any atom is 0.251 e. The second kappa shape index (κ2) is 7.63. The molecule has 1 aliphatic heterocycles. The molecule has 0 saturated carbocycles. The van der Waals surface area contributed by atoms with Crippen LogP contribution in [0.5, 0.6) is 0 Å². The zero-order valence-corrected chi connectivity index (χ0v) is 13.9. The summed E-state index contributed by atoms with van der Waals surface area (Å²) < 4.78 is 0. The Labute approximate surface area is 146 Å². The fourth-order valence-corrected chi connectivity index (χ4v) is 2.94. The number of carbonyl (C=O) groups is 2. The van der Waals surface area contributed by atoms with Crippen LogP contribution in [0.15, 0.2) is 48.5 Å². The van der Waals surface area contributed by atoms with Crippen molar-refractivity contribution >= 4 is 11.8 Å². The van der Waals surface area contributed by atoms with Crippen LogP contribution >= 0.6 is 0 Å². The third kappa shape index (κ3) is 4.24. The van der Waals surface area contributed by atoms with Crippen LogP contribution < -0.4 is 5.32 Å². The van der Waals surface area contributed by atoms with E-state index in [2.05, 4.69) is 11.4 Å². The van der Waals surface area contributed by atoms with Crippen LogP contribution in [-0.4, -0.2) is 23.3 Å². The van der Waals surface area contributed by atoms with E-state index in [1.54, 1.807) is 24.3 Å². The Morgan fingerprint density at radius 1 is 1.16 bits per heavy atom. The highest BCUT2D eigenvalue weighted by Gasteiger charge is 2.20. The lowest BCUT2D eigenvalue weighted by atomic mass is 10.1. The summed E-state index contributed by atoms with van der Waals surface area (Å²) >= 11 is 0. The summed E-state index contributed by atoms with van der Waals surface area (Å²) in [6, 6.07) is 16.6. The van der Waals surface area contributed by atoms with Crippen molar-refractivity contribution in [3.8, 4) is 6.07 Å². The first-order chi connectivity index (χ1) is 12.2. The number of rotatable bonds is 5. The van der Waals surface area contributed by atoms with Crippen LogP contribution in [0.2, 0.25) is 0 Å². The molecular weight excluding hydrogens is 314 g/mol. The molecule has 0 aliphatic carbocycles. The van der Waals surface area contributed by atoms with E-state index in [9.17, 15) is 9.59 Å². The molecule has 3 rings (SSSR count). The molecule has 0 aromatic heterocycles. The van der Waals surface area contributed by atoms with Crippen molar-refractivity contribution in [1.29, 1.82) is 5.26 Å². The number of amides is 2. The highest BCUT2D eigenvalue weighted by Crippen LogP contribution is 2.15. The lowest BCUT2D eigenvalue weighted by Gasteiger charge is -2.16. The Kier molecular flexibility index (Phi) is 5.10. The van der Waals surface area contributed by atoms with E-state index in [4.69, 9.17) is 5.26 Å². The molecule has 126 valence electrons. The number of benzene rings is 2. The number of carbonyl (C=O) groups excluding carboxylic acids is 2. The molecule has 25 heavy (non-hydrogen) atoms. The average molecular weight is 333 g/mol. The molecule has 2 aromatic rings. The van der Waals surface area contributed by atoms with Gasteiger partial charge >= 0.3 is 0 Å². The smallest absolute Gasteiger partial charge is 0.251 e. The summed E-state index contributed by atoms with van der Waals surface area (Å²) in [4.78, 5) is 25.9. The maximum absolute atomic E-state index is 12.4. The number of likely N-dealkylation sites (tertiary alicyclic amines) is 1. The van der Waals surface area contributed by atoms with Crippen molar-refractivity contribution in [2.45, 2.75) is 25.9 Å². The van der Waals surface area contributed by atoms with Crippen molar-refractivity contribution in [1.82, 2.24) is 10.2 Å². The van der Waals surface area contributed by atoms with E-state index in [1.165, 1.54) is 0 Å². The minimum atomic E-state index is -0.169. The molecule has 0 atom stereocenters. The van der Waals surface area contributed by atoms with Gasteiger partial charge in [-0.3, -0.25) is 9.59 Å². The molecule has 0 unspecified atom stereocenters. The van der Waals surface area contributed by atoms with Crippen LogP contribution in [0.25, 0.3) is 0 Å². The topological polar surface area (TPSA) is 73.2 Å². The summed E-state index contributed by atoms with van der Waals surface area (Å²) in [5.41, 5.74) is 2.98. The number of hydrogen-bond donors (Lipinski definition) is 1. The normalized spacial score (nSPS) is 13.6. The molecular formula is C20H19N3O2. The predicted octanol–water partition coefficient (Wildman–Crippen LogP) is 2.61. The Morgan fingerprint density at radius 3 is 2.72 bits per heavy atom. The first-order valence-corrected chi connectivity index (χ1v) is 8.29. The second-order valence-corrected chi connectivity index (χ2v) is 6.11. The van der Waals surface area contributed by atoms with Gasteiger partial charge in [-0.15, -0.1) is 0 Å². The minimum absolute atomic E-state index is 0.169. The van der Waals surface area contributed by atoms with Gasteiger partial charge in [0.1, 0.15) is 0 Å². The third-order valence-electron chi connectivity index (χ3n) is 4.24. The summed E-state index contributed by atoms with van der Waals surface area (Å²) in [7, 11) is 0. The standard InChI is InChI=1S/C20H19N3O2/c21-12-15-4-1-5-16(10-15)13-22-20(25)18-7-2-6-17(11-18)14-23-9-3-8-19(23)24/h1-2,4-7,10-11H,3,8-9,13-14H2,(H,22,25). The largest absolute Gasteiger partial charge is 0.348 e. The summed E-state index contributed by atoms with van der Waals surface area (Å²) in [6.07, 6.45) is 1.52. The van der Waals surface area contributed by atoms with Gasteiger partial charge in [0.2, 0.25) is 5.91 Å². The van der Waals surface area contributed by atoms with E-state index < -0.39 is 0 Å². The first-order valence-electron chi connectivity index (χ1n) is 8.29. The molecule has 2 amide bonds. The van der Waals surface area contributed by atoms with Gasteiger partial charge in [0.05, 0.1) is 11.6 Å². The number of nitrogens with zero attached hydrogens (tertiary/aromatic N) is 2. The zero-order valence-electron chi connectivity index (χ0n) is 13.9. The molecule has 1 aliphatic rings. The molecule has 0 spiro atoms. The van der Waals surface area contributed by atoms with Crippen molar-refractivity contribution in [2.75, 3.05) is 6.54 Å². The van der Waals surface area contributed by atoms with Crippen LogP contribution in [0, 0.1) is 11.3 Å². The number of nitriles is 1. The van der Waals surface area contributed by atoms with E-state index in [0.29, 0.717) is 30.6 Å². The van der Waals surface area contributed by atoms with Gasteiger partial charge < -0.3 is 10.2 Å². The van der Waals surface area contributed by atoms with Gasteiger partial charge in [-0.05, 0) is 41.8 Å². The van der Waals surface area contributed by atoms with Crippen LogP contribution in [-0.2, 0) is 17.9 Å². The Balaban J connectivity index is 1.63. The Bertz CT molecular complexity index is 839. The van der Waals surface area contributed by atoms with Crippen LogP contribution in [0.4, 0.5) is 0 Å². The Morgan fingerprint density at radius 2 is 1.96 bits per heavy atom. The van der Waals surface area contributed by atoms with Gasteiger partial charge in [-0.1, -0.05) is 24.3 Å². The first kappa shape index (κ1) is 16.7. The fourth-order valence-electron chi connectivity index (χ4n) is 2.94. The molecule has 2 aromatic carbocycles. The summed E-state index contributed by atoms with van der Waals surface area (Å²) in [5.74, 6) is 0.00388. The van der Waals surface area contributed by atoms with Gasteiger partial charge in [-0.25, -0.2) is 0 Å². The third-order valence-corrected chi connectivity index (χ3v) is 4.24. The number of nitrogens with one attached hydrogen (secondary N) is 1. The van der Waals surface area contributed by atoms with Crippen molar-refractivity contribution in [3.63, 3.8) is 0 Å². The molecule has 1 fully saturated rings. The average Bonchev–Trinajstić information content (AvgIpc) is 3.05. The van der Waals surface area contributed by atoms with Crippen LogP contribution in [0.1, 0.15) is 39.9 Å². The molecule has 0 radical (unpaired) electrons. The van der Waals surface area contributed by atoms with Gasteiger partial charge in [0, 0.05) is 31.6 Å². The predicted molar refractivity (Wildman–Crippen MR) is 93.4 cm³/mol. The maximum atomic E-state index is 12.4. The molecule has 0 bridgehead atoms. The van der Waals surface area contributed by atoms with E-state index >= 15 is 0 Å². The molecule has 1 heterocycles. The SMILES string of the molecule is N#Cc1cccc(CNC(=O)c2cccc(CN3CCCC3=O)c2)c1. The van der Waals surface area contributed by atoms with Crippen LogP contribution in [0.3, 0.4) is 0 Å². The molecule has 5 nitrogen and oxygen atoms in total. The molecule has 1 N–H and O–H groups in total. The summed E-state index contributed by atoms with van der Waals surface area (Å²) in [6.45, 7) is 1.69. The number of hydrogen-bond acceptors (Lipinski definition) is 3. The monoisotopic (exact) mass is 333 g/mol. The quantitative estimate of drug-likeness (QED) is 0.914. The lowest BCUT2D eigenvalue weighted by molar-refractivity contribution is -0.128.